The van der Waals surface area contributed by atoms with Crippen molar-refractivity contribution in [3.63, 3.8) is 0 Å². The van der Waals surface area contributed by atoms with Gasteiger partial charge in [-0.3, -0.25) is 9.69 Å². The first-order valence-electron chi connectivity index (χ1n) is 12.4. The van der Waals surface area contributed by atoms with E-state index >= 15 is 0 Å². The van der Waals surface area contributed by atoms with E-state index in [1.807, 2.05) is 36.2 Å². The van der Waals surface area contributed by atoms with Crippen LogP contribution in [-0.2, 0) is 6.54 Å². The summed E-state index contributed by atoms with van der Waals surface area (Å²) < 4.78 is 11.6. The van der Waals surface area contributed by atoms with Crippen LogP contribution in [-0.4, -0.2) is 57.2 Å². The lowest BCUT2D eigenvalue weighted by atomic mass is 10.1. The van der Waals surface area contributed by atoms with Gasteiger partial charge < -0.3 is 24.4 Å². The number of hydrogen-bond donors (Lipinski definition) is 3. The zero-order valence-electron chi connectivity index (χ0n) is 21.2. The smallest absolute Gasteiger partial charge is 0.336 e. The molecule has 0 aliphatic carbocycles. The number of benzene rings is 2. The Bertz CT molecular complexity index is 1700. The maximum absolute atomic E-state index is 13.4. The number of rotatable bonds is 11. The number of thiazole rings is 1. The van der Waals surface area contributed by atoms with E-state index < -0.39 is 5.63 Å². The van der Waals surface area contributed by atoms with Crippen LogP contribution >= 0.6 is 11.3 Å². The van der Waals surface area contributed by atoms with Gasteiger partial charge in [-0.1, -0.05) is 12.1 Å². The third-order valence-corrected chi connectivity index (χ3v) is 7.03. The first-order chi connectivity index (χ1) is 18.9. The Morgan fingerprint density at radius 2 is 1.92 bits per heavy atom. The minimum absolute atomic E-state index is 0.0707. The van der Waals surface area contributed by atoms with Gasteiger partial charge in [0.15, 0.2) is 10.8 Å². The summed E-state index contributed by atoms with van der Waals surface area (Å²) in [6.45, 7) is 2.91. The van der Waals surface area contributed by atoms with Crippen LogP contribution in [0.15, 0.2) is 75.2 Å². The number of aliphatic hydroxyl groups excluding tert-OH is 2. The number of carbonyl (C=O) groups is 1. The summed E-state index contributed by atoms with van der Waals surface area (Å²) in [6.07, 6.45) is 5.06. The molecule has 0 radical (unpaired) electrons. The van der Waals surface area contributed by atoms with E-state index in [4.69, 9.17) is 9.15 Å². The second-order valence-corrected chi connectivity index (χ2v) is 9.94. The van der Waals surface area contributed by atoms with Crippen molar-refractivity contribution in [2.45, 2.75) is 13.5 Å². The number of hydrogen-bond acceptors (Lipinski definition) is 9. The molecule has 3 N–H and O–H groups in total. The summed E-state index contributed by atoms with van der Waals surface area (Å²) in [4.78, 5) is 35.0. The van der Waals surface area contributed by atoms with E-state index in [1.54, 1.807) is 35.9 Å². The van der Waals surface area contributed by atoms with Crippen molar-refractivity contribution in [3.05, 3.63) is 98.1 Å². The Kier molecular flexibility index (Phi) is 7.99. The molecule has 3 aromatic heterocycles. The molecule has 200 valence electrons. The van der Waals surface area contributed by atoms with Crippen molar-refractivity contribution in [1.29, 1.82) is 0 Å². The summed E-state index contributed by atoms with van der Waals surface area (Å²) >= 11 is 1.22. The lowest BCUT2D eigenvalue weighted by molar-refractivity contribution is 0.0988. The molecule has 0 aliphatic rings. The Labute approximate surface area is 227 Å². The van der Waals surface area contributed by atoms with Crippen LogP contribution in [0.1, 0.15) is 26.5 Å². The summed E-state index contributed by atoms with van der Waals surface area (Å²) in [5.41, 5.74) is 3.30. The monoisotopic (exact) mass is 545 g/mol. The second kappa shape index (κ2) is 11.7. The Balaban J connectivity index is 1.52. The molecule has 0 saturated carbocycles. The van der Waals surface area contributed by atoms with E-state index in [9.17, 15) is 19.8 Å². The molecular weight excluding hydrogens is 518 g/mol. The number of carbonyl (C=O) groups excluding carboxylic acids is 1. The lowest BCUT2D eigenvalue weighted by Gasteiger charge is -2.20. The fourth-order valence-corrected chi connectivity index (χ4v) is 5.01. The van der Waals surface area contributed by atoms with Crippen molar-refractivity contribution >= 4 is 45.1 Å². The molecule has 2 aromatic carbocycles. The average Bonchev–Trinajstić information content (AvgIpc) is 3.58. The van der Waals surface area contributed by atoms with Crippen molar-refractivity contribution in [2.24, 2.45) is 0 Å². The van der Waals surface area contributed by atoms with E-state index in [2.05, 4.69) is 9.97 Å². The molecule has 0 atom stereocenters. The number of H-pyrrole nitrogens is 1. The summed E-state index contributed by atoms with van der Waals surface area (Å²) in [6, 6.07) is 12.5. The summed E-state index contributed by atoms with van der Waals surface area (Å²) in [5.74, 6) is 0.0176. The number of ether oxygens (including phenoxy) is 1. The van der Waals surface area contributed by atoms with Crippen molar-refractivity contribution < 1.29 is 24.2 Å². The molecule has 10 heteroatoms. The predicted molar refractivity (Wildman–Crippen MR) is 150 cm³/mol. The van der Waals surface area contributed by atoms with E-state index in [0.717, 1.165) is 22.0 Å². The topological polar surface area (TPSA) is 129 Å². The largest absolute Gasteiger partial charge is 0.453 e. The highest BCUT2D eigenvalue weighted by Gasteiger charge is 2.20. The Morgan fingerprint density at radius 1 is 1.13 bits per heavy atom. The van der Waals surface area contributed by atoms with Gasteiger partial charge >= 0.3 is 5.63 Å². The fourth-order valence-electron chi connectivity index (χ4n) is 4.43. The second-order valence-electron chi connectivity index (χ2n) is 9.04. The maximum Gasteiger partial charge on any atom is 0.336 e. The molecule has 5 rings (SSSR count). The van der Waals surface area contributed by atoms with Gasteiger partial charge in [0, 0.05) is 71.4 Å². The number of aromatic nitrogens is 2. The molecule has 3 heterocycles. The summed E-state index contributed by atoms with van der Waals surface area (Å²) in [5, 5.41) is 22.3. The first-order valence-corrected chi connectivity index (χ1v) is 13.3. The SMILES string of the molecule is Cc1ccc2c(/C=C(\Oc3ccc4c(CN(CCO)CCO)cc(=O)oc4c3)C(=O)c3nccs3)c[nH]c2c1. The van der Waals surface area contributed by atoms with Gasteiger partial charge in [-0.05, 0) is 42.3 Å². The number of allylic oxidation sites excluding steroid dienone is 1. The van der Waals surface area contributed by atoms with E-state index in [0.29, 0.717) is 46.9 Å². The highest BCUT2D eigenvalue weighted by Crippen LogP contribution is 2.28. The standard InChI is InChI=1S/C29H27N3O6S/c1-18-2-4-22-19(16-31-24(22)12-18)13-26(28(36)29-30-6-11-39-29)37-21-3-5-23-20(14-27(35)38-25(23)15-21)17-32(7-9-33)8-10-34/h2-6,11-16,31,33-34H,7-10,17H2,1H3/b26-13-. The van der Waals surface area contributed by atoms with Gasteiger partial charge in [-0.2, -0.15) is 0 Å². The first kappa shape index (κ1) is 26.5. The van der Waals surface area contributed by atoms with Crippen LogP contribution in [0.4, 0.5) is 0 Å². The number of aryl methyl sites for hydroxylation is 1. The predicted octanol–water partition coefficient (Wildman–Crippen LogP) is 4.13. The number of aromatic amines is 1. The van der Waals surface area contributed by atoms with E-state index in [1.165, 1.54) is 17.4 Å². The van der Waals surface area contributed by atoms with Crippen LogP contribution in [0, 0.1) is 6.92 Å². The quantitative estimate of drug-likeness (QED) is 0.0978. The number of nitrogens with zero attached hydrogens (tertiary/aromatic N) is 2. The molecule has 9 nitrogen and oxygen atoms in total. The van der Waals surface area contributed by atoms with Crippen molar-refractivity contribution in [3.8, 4) is 5.75 Å². The molecule has 0 unspecified atom stereocenters. The third-order valence-electron chi connectivity index (χ3n) is 6.26. The van der Waals surface area contributed by atoms with Gasteiger partial charge in [-0.25, -0.2) is 9.78 Å². The van der Waals surface area contributed by atoms with Gasteiger partial charge in [0.05, 0.1) is 13.2 Å². The molecule has 0 spiro atoms. The average molecular weight is 546 g/mol. The minimum atomic E-state index is -0.536. The molecule has 0 bridgehead atoms. The van der Waals surface area contributed by atoms with Crippen LogP contribution in [0.25, 0.3) is 27.9 Å². The van der Waals surface area contributed by atoms with Crippen LogP contribution < -0.4 is 10.4 Å². The number of Topliss-reactive ketones (excluding diaryl/α,β-unsaturated/α-hetero) is 1. The zero-order valence-corrected chi connectivity index (χ0v) is 22.0. The normalized spacial score (nSPS) is 12.1. The Morgan fingerprint density at radius 3 is 2.67 bits per heavy atom. The molecule has 0 fully saturated rings. The van der Waals surface area contributed by atoms with Crippen molar-refractivity contribution in [1.82, 2.24) is 14.9 Å². The highest BCUT2D eigenvalue weighted by molar-refractivity contribution is 7.11. The van der Waals surface area contributed by atoms with Gasteiger partial charge in [0.25, 0.3) is 5.78 Å². The molecule has 0 aliphatic heterocycles. The summed E-state index contributed by atoms with van der Waals surface area (Å²) in [7, 11) is 0. The van der Waals surface area contributed by atoms with Crippen LogP contribution in [0.5, 0.6) is 5.75 Å². The highest BCUT2D eigenvalue weighted by atomic mass is 32.1. The van der Waals surface area contributed by atoms with E-state index in [-0.39, 0.29) is 24.8 Å². The third kappa shape index (κ3) is 5.99. The number of ketones is 1. The minimum Gasteiger partial charge on any atom is -0.453 e. The fraction of sp³-hybridized carbons (Fsp3) is 0.207. The molecular formula is C29H27N3O6S. The van der Waals surface area contributed by atoms with Gasteiger partial charge in [0.1, 0.15) is 11.3 Å². The van der Waals surface area contributed by atoms with Crippen LogP contribution in [0.3, 0.4) is 0 Å². The number of fused-ring (bicyclic) bond motifs is 2. The molecule has 0 amide bonds. The Hall–Kier alpha value is -4.09. The zero-order chi connectivity index (χ0) is 27.4. The maximum atomic E-state index is 13.4. The van der Waals surface area contributed by atoms with Crippen molar-refractivity contribution in [2.75, 3.05) is 26.3 Å². The lowest BCUT2D eigenvalue weighted by Crippen LogP contribution is -2.29. The van der Waals surface area contributed by atoms with Gasteiger partial charge in [-0.15, -0.1) is 11.3 Å². The molecule has 0 saturated heterocycles. The number of aliphatic hydroxyl groups is 2. The van der Waals surface area contributed by atoms with Gasteiger partial charge in [0.2, 0.25) is 0 Å². The molecule has 5 aromatic rings. The molecule has 39 heavy (non-hydrogen) atoms. The number of nitrogens with one attached hydrogen (secondary N) is 1. The van der Waals surface area contributed by atoms with Crippen LogP contribution in [0.2, 0.25) is 0 Å².